The molecular formula is C20H18N2O4. The minimum atomic E-state index is -0.454. The summed E-state index contributed by atoms with van der Waals surface area (Å²) in [6.45, 7) is 1.35. The van der Waals surface area contributed by atoms with E-state index in [4.69, 9.17) is 4.74 Å². The van der Waals surface area contributed by atoms with Crippen LogP contribution in [0.25, 0.3) is 11.1 Å². The molecule has 26 heavy (non-hydrogen) atoms. The molecule has 0 spiro atoms. The molecule has 0 saturated carbocycles. The van der Waals surface area contributed by atoms with E-state index in [1.165, 1.54) is 13.1 Å². The van der Waals surface area contributed by atoms with Gasteiger partial charge in [-0.25, -0.2) is 4.98 Å². The number of esters is 1. The smallest absolute Gasteiger partial charge is 0.303 e. The second kappa shape index (κ2) is 7.74. The highest BCUT2D eigenvalue weighted by Gasteiger charge is 2.33. The van der Waals surface area contributed by atoms with Crippen molar-refractivity contribution in [3.63, 3.8) is 0 Å². The SMILES string of the molecule is CC(=O)OC1CCc2c1ncc([N+](=O)[O-])c2-c1ccccccccc1. The van der Waals surface area contributed by atoms with Gasteiger partial charge in [-0.2, -0.15) is 0 Å². The lowest BCUT2D eigenvalue weighted by Crippen LogP contribution is -2.07. The molecule has 0 saturated heterocycles. The normalized spacial score (nSPS) is 14.9. The lowest BCUT2D eigenvalue weighted by Gasteiger charge is -2.12. The van der Waals surface area contributed by atoms with E-state index in [-0.39, 0.29) is 11.7 Å². The Balaban J connectivity index is 2.22. The number of hydrogen-bond donors (Lipinski definition) is 0. The number of nitro groups is 1. The van der Waals surface area contributed by atoms with E-state index in [2.05, 4.69) is 4.98 Å². The van der Waals surface area contributed by atoms with Gasteiger partial charge in [-0.1, -0.05) is 54.6 Å². The molecule has 0 N–H and O–H groups in total. The predicted octanol–water partition coefficient (Wildman–Crippen LogP) is 4.33. The molecule has 1 unspecified atom stereocenters. The number of hydrogen-bond acceptors (Lipinski definition) is 5. The molecule has 1 atom stereocenters. The first-order valence-electron chi connectivity index (χ1n) is 8.30. The number of carbonyl (C=O) groups is 1. The van der Waals surface area contributed by atoms with Gasteiger partial charge >= 0.3 is 5.97 Å². The fourth-order valence-corrected chi connectivity index (χ4v) is 3.14. The molecule has 0 bridgehead atoms. The molecule has 1 aromatic heterocycles. The van der Waals surface area contributed by atoms with Crippen molar-refractivity contribution in [3.05, 3.63) is 82.2 Å². The Kier molecular flexibility index (Phi) is 5.22. The summed E-state index contributed by atoms with van der Waals surface area (Å²) in [4.78, 5) is 26.7. The molecule has 132 valence electrons. The van der Waals surface area contributed by atoms with Gasteiger partial charge in [0.2, 0.25) is 0 Å². The first kappa shape index (κ1) is 17.5. The van der Waals surface area contributed by atoms with Crippen LogP contribution in [-0.4, -0.2) is 15.9 Å². The second-order valence-corrected chi connectivity index (χ2v) is 5.91. The summed E-state index contributed by atoms with van der Waals surface area (Å²) in [5.41, 5.74) is 2.58. The van der Waals surface area contributed by atoms with E-state index in [1.54, 1.807) is 0 Å². The standard InChI is InChI=1S/C20H18N2O4/c1-14(23)26-18-12-11-16-19(17(22(24)25)13-21-20(16)18)15-9-7-5-3-2-4-6-8-10-15/h2-10,13,18H,11-12H2,1H3. The molecule has 2 aromatic rings. The highest BCUT2D eigenvalue weighted by atomic mass is 16.6. The van der Waals surface area contributed by atoms with Crippen LogP contribution in [0.2, 0.25) is 0 Å². The fraction of sp³-hybridized carbons (Fsp3) is 0.200. The highest BCUT2D eigenvalue weighted by molar-refractivity contribution is 5.77. The third-order valence-electron chi connectivity index (χ3n) is 4.17. The lowest BCUT2D eigenvalue weighted by atomic mass is 9.99. The topological polar surface area (TPSA) is 82.3 Å². The summed E-state index contributed by atoms with van der Waals surface area (Å²) in [6.07, 6.45) is 1.95. The Hall–Kier alpha value is -3.28. The van der Waals surface area contributed by atoms with Crippen molar-refractivity contribution in [1.29, 1.82) is 0 Å². The Morgan fingerprint density at radius 2 is 1.77 bits per heavy atom. The Labute approximate surface area is 150 Å². The highest BCUT2D eigenvalue weighted by Crippen LogP contribution is 2.42. The van der Waals surface area contributed by atoms with Gasteiger partial charge in [0.1, 0.15) is 12.3 Å². The minimum absolute atomic E-state index is 0.0480. The number of nitrogens with zero attached hydrogens (tertiary/aromatic N) is 2. The van der Waals surface area contributed by atoms with Gasteiger partial charge in [-0.3, -0.25) is 14.9 Å². The summed E-state index contributed by atoms with van der Waals surface area (Å²) >= 11 is 0. The summed E-state index contributed by atoms with van der Waals surface area (Å²) in [5, 5.41) is 11.6. The van der Waals surface area contributed by atoms with Gasteiger partial charge in [0.05, 0.1) is 16.2 Å². The quantitative estimate of drug-likeness (QED) is 0.467. The molecule has 3 rings (SSSR count). The van der Waals surface area contributed by atoms with Crippen LogP contribution >= 0.6 is 0 Å². The zero-order valence-corrected chi connectivity index (χ0v) is 14.3. The lowest BCUT2D eigenvalue weighted by molar-refractivity contribution is -0.384. The molecule has 1 aromatic carbocycles. The van der Waals surface area contributed by atoms with Gasteiger partial charge in [0, 0.05) is 6.92 Å². The van der Waals surface area contributed by atoms with Crippen LogP contribution in [0.15, 0.2) is 60.8 Å². The average Bonchev–Trinajstić information content (AvgIpc) is 3.01. The zero-order valence-electron chi connectivity index (χ0n) is 14.3. The number of rotatable bonds is 3. The first-order valence-corrected chi connectivity index (χ1v) is 8.30. The summed E-state index contributed by atoms with van der Waals surface area (Å²) < 4.78 is 5.32. The van der Waals surface area contributed by atoms with Gasteiger partial charge in [-0.05, 0) is 24.0 Å². The van der Waals surface area contributed by atoms with Crippen LogP contribution in [0.3, 0.4) is 0 Å². The maximum atomic E-state index is 11.6. The van der Waals surface area contributed by atoms with Gasteiger partial charge in [-0.15, -0.1) is 0 Å². The van der Waals surface area contributed by atoms with Crippen molar-refractivity contribution in [2.45, 2.75) is 25.9 Å². The molecular weight excluding hydrogens is 332 g/mol. The van der Waals surface area contributed by atoms with Crippen molar-refractivity contribution in [1.82, 2.24) is 4.98 Å². The predicted molar refractivity (Wildman–Crippen MR) is 96.8 cm³/mol. The van der Waals surface area contributed by atoms with E-state index >= 15 is 0 Å². The molecule has 0 fully saturated rings. The Morgan fingerprint density at radius 1 is 1.15 bits per heavy atom. The third-order valence-corrected chi connectivity index (χ3v) is 4.17. The molecule has 6 nitrogen and oxygen atoms in total. The van der Waals surface area contributed by atoms with E-state index in [0.29, 0.717) is 24.1 Å². The van der Waals surface area contributed by atoms with Crippen molar-refractivity contribution >= 4 is 11.7 Å². The number of fused-ring (bicyclic) bond motifs is 1. The van der Waals surface area contributed by atoms with Gasteiger partial charge < -0.3 is 4.74 Å². The second-order valence-electron chi connectivity index (χ2n) is 5.91. The van der Waals surface area contributed by atoms with E-state index in [1.807, 2.05) is 54.6 Å². The van der Waals surface area contributed by atoms with Crippen LogP contribution in [0.1, 0.15) is 30.7 Å². The van der Waals surface area contributed by atoms with Gasteiger partial charge in [0.15, 0.2) is 0 Å². The molecule has 1 heterocycles. The van der Waals surface area contributed by atoms with Crippen molar-refractivity contribution in [2.75, 3.05) is 0 Å². The largest absolute Gasteiger partial charge is 0.456 e. The Morgan fingerprint density at radius 3 is 2.35 bits per heavy atom. The summed E-state index contributed by atoms with van der Waals surface area (Å²) in [7, 11) is 0. The van der Waals surface area contributed by atoms with E-state index in [0.717, 1.165) is 11.1 Å². The molecule has 6 heteroatoms. The Bertz CT molecular complexity index is 885. The van der Waals surface area contributed by atoms with E-state index in [9.17, 15) is 14.9 Å². The third kappa shape index (κ3) is 3.69. The van der Waals surface area contributed by atoms with Crippen molar-refractivity contribution in [2.24, 2.45) is 0 Å². The molecule has 0 radical (unpaired) electrons. The van der Waals surface area contributed by atoms with Crippen LogP contribution in [-0.2, 0) is 16.0 Å². The van der Waals surface area contributed by atoms with Gasteiger partial charge in [0.25, 0.3) is 5.69 Å². The molecule has 1 aliphatic carbocycles. The maximum absolute atomic E-state index is 11.6. The van der Waals surface area contributed by atoms with Crippen molar-refractivity contribution in [3.8, 4) is 11.1 Å². The van der Waals surface area contributed by atoms with Crippen LogP contribution in [0.4, 0.5) is 5.69 Å². The number of aromatic nitrogens is 1. The minimum Gasteiger partial charge on any atom is -0.456 e. The molecule has 0 amide bonds. The number of pyridine rings is 1. The monoisotopic (exact) mass is 350 g/mol. The van der Waals surface area contributed by atoms with E-state index < -0.39 is 11.0 Å². The zero-order chi connectivity index (χ0) is 18.5. The summed E-state index contributed by atoms with van der Waals surface area (Å²) in [6, 6.07) is 16.7. The fourth-order valence-electron chi connectivity index (χ4n) is 3.14. The number of carbonyl (C=O) groups excluding carboxylic acids is 1. The number of ether oxygens (including phenoxy) is 1. The molecule has 0 aliphatic heterocycles. The van der Waals surface area contributed by atoms with Crippen LogP contribution < -0.4 is 0 Å². The summed E-state index contributed by atoms with van der Waals surface area (Å²) in [5.74, 6) is -0.387. The van der Waals surface area contributed by atoms with Crippen LogP contribution in [0.5, 0.6) is 0 Å². The average molecular weight is 350 g/mol. The van der Waals surface area contributed by atoms with Crippen molar-refractivity contribution < 1.29 is 14.5 Å². The first-order chi connectivity index (χ1) is 12.6. The molecule has 1 aliphatic rings. The van der Waals surface area contributed by atoms with Crippen LogP contribution in [0, 0.1) is 10.1 Å². The maximum Gasteiger partial charge on any atom is 0.303 e.